The number of aliphatic carboxylic acids is 1. The highest BCUT2D eigenvalue weighted by atomic mass is 19.3. The topological polar surface area (TPSA) is 91.7 Å². The van der Waals surface area contributed by atoms with Crippen molar-refractivity contribution in [2.24, 2.45) is 52.7 Å². The van der Waals surface area contributed by atoms with Crippen LogP contribution in [0.1, 0.15) is 376 Å². The number of aliphatic hydroxyl groups is 1. The average molecular weight is 908 g/mol. The van der Waals surface area contributed by atoms with Gasteiger partial charge in [-0.25, -0.2) is 0 Å². The van der Waals surface area contributed by atoms with Crippen LogP contribution in [0.3, 0.4) is 0 Å². The molecule has 37 heavy (non-hydrogen) atoms. The number of carboxylic acids is 1. The zero-order valence-electron chi connectivity index (χ0n) is 36.6. The third kappa shape index (κ3) is 7.39. The first-order chi connectivity index (χ1) is 22.5. The van der Waals surface area contributed by atoms with E-state index in [2.05, 4.69) is 0 Å². The summed E-state index contributed by atoms with van der Waals surface area (Å²) in [5.41, 5.74) is -3.85. The molecule has 0 aromatic heterocycles. The minimum absolute atomic E-state index is 0. The van der Waals surface area contributed by atoms with Crippen LogP contribution in [0.2, 0.25) is 0 Å². The van der Waals surface area contributed by atoms with Crippen molar-refractivity contribution in [1.82, 2.24) is 0 Å². The molecule has 0 heterocycles. The minimum atomic E-state index is -3.60. The van der Waals surface area contributed by atoms with Crippen LogP contribution in [-0.4, -0.2) is 39.3 Å². The van der Waals surface area contributed by atoms with Crippen LogP contribution in [0.25, 0.3) is 0 Å². The fraction of sp³-hybridized carbons (Fsp3) is 0.900. The van der Waals surface area contributed by atoms with Gasteiger partial charge in [-0.3, -0.25) is 14.4 Å². The summed E-state index contributed by atoms with van der Waals surface area (Å²) < 4.78 is 98.5. The van der Waals surface area contributed by atoms with Crippen LogP contribution < -0.4 is 0 Å². The van der Waals surface area contributed by atoms with E-state index in [-0.39, 0.29) is 281 Å². The molecule has 2 N–H and O–H groups in total. The van der Waals surface area contributed by atoms with Gasteiger partial charge < -0.3 is 10.2 Å². The number of hydrogen-bond acceptors (Lipinski definition) is 4. The predicted molar refractivity (Wildman–Crippen MR) is 525 cm³/mol. The lowest BCUT2D eigenvalue weighted by atomic mass is 9.59. The number of carboxylic acid groups (broad SMARTS) is 1. The Morgan fingerprint density at radius 3 is 2.22 bits per heavy atom. The number of carbonyl (C=O) groups is 3. The number of hydrogen-bond donors (Lipinski definition) is 2. The molecule has 578 valence electrons. The predicted octanol–water partition coefficient (Wildman–Crippen LogP) is 51.6. The number of alkyl halides is 2. The molecule has 0 spiro atoms. The molecule has 0 bridgehead atoms. The normalized spacial score (nSPS) is 37.3. The molecule has 7 heteroatoms. The third-order valence-corrected chi connectivity index (χ3v) is 9.36. The summed E-state index contributed by atoms with van der Waals surface area (Å²) in [4.78, 5) is 38.1. The van der Waals surface area contributed by atoms with E-state index in [4.69, 9.17) is 21.3 Å². The summed E-state index contributed by atoms with van der Waals surface area (Å²) in [5, 5.41) is 20.8. The number of carbonyl (C=O) groups excluding carboxylic acids is 2. The van der Waals surface area contributed by atoms with E-state index in [1.165, 1.54) is 27.7 Å². The van der Waals surface area contributed by atoms with Gasteiger partial charge >= 0.3 is 11.9 Å². The molecule has 0 saturated heterocycles. The highest BCUT2D eigenvalue weighted by molar-refractivity contribution is 5.92. The van der Waals surface area contributed by atoms with E-state index >= 15 is 8.78 Å². The Morgan fingerprint density at radius 2 is 1.73 bits per heavy atom. The Morgan fingerprint density at radius 1 is 1.19 bits per heavy atom. The molecule has 7 unspecified atom stereocenters. The van der Waals surface area contributed by atoms with Crippen LogP contribution in [-0.2, 0) is 14.4 Å². The van der Waals surface area contributed by atoms with Gasteiger partial charge in [-0.15, -0.1) is 0 Å². The molecular weight excluding hydrogens is 478 g/mol. The Bertz CT molecular complexity index is 1040. The van der Waals surface area contributed by atoms with Gasteiger partial charge in [0.1, 0.15) is 5.78 Å². The summed E-state index contributed by atoms with van der Waals surface area (Å²) in [6, 6.07) is 0. The van der Waals surface area contributed by atoms with Gasteiger partial charge in [0.2, 0.25) is 5.78 Å². The van der Waals surface area contributed by atoms with Crippen molar-refractivity contribution in [1.29, 1.82) is 0 Å². The fourth-order valence-electron chi connectivity index (χ4n) is 6.51. The smallest absolute Gasteiger partial charge is 0.305 e. The summed E-state index contributed by atoms with van der Waals surface area (Å²) in [7, 11) is 0. The zero-order valence-corrected chi connectivity index (χ0v) is 24.6. The molecule has 5 nitrogen and oxygen atoms in total. The summed E-state index contributed by atoms with van der Waals surface area (Å²) in [5.74, 6) is -13.3. The molecular formula is C30H414F2O5. The molecule has 1 rings (SSSR count). The maximum Gasteiger partial charge on any atom is 0.305 e. The van der Waals surface area contributed by atoms with Crippen LogP contribution in [0.15, 0.2) is 0 Å². The van der Waals surface area contributed by atoms with Crippen molar-refractivity contribution in [2.45, 2.75) is 119 Å². The highest BCUT2D eigenvalue weighted by Crippen LogP contribution is 2.58. The van der Waals surface area contributed by atoms with E-state index in [1.807, 2.05) is 27.7 Å². The van der Waals surface area contributed by atoms with Gasteiger partial charge in [0.25, 0.3) is 0 Å². The number of rotatable bonds is 15. The van der Waals surface area contributed by atoms with Crippen LogP contribution >= 0.6 is 0 Å². The fourth-order valence-corrected chi connectivity index (χ4v) is 6.51. The SMILES string of the molecule is [2H]C1(C)C(=O)[C@](C)(C(C)C(C)C(C)CC(C)CC(=O)O)[C@@]([2H])(CC(C)C(=O)C(F)(F)CC(C)CCC)[C@]1(C)O.[2H][2H].[2H][2H].[2H][2H].[2H][2H].[2H][2H].[HH].[HH].[HH].[HH].[HH].[HH].[HH].[HH].[HH].[HH].[HH].[HH].[HH].[HH].[HH].[HH].[HH].[HH].[HH].[HH].[HH].[HH].[HH].[HH].[HH].[HH].[HH].[HH].[HH].[HH].[HH].[HH].[HH].[HH].[HH].[HH].[HH].[HH].[HH].[HH].[HH].[HH].[HH].[HH].[HH].[HH].[HH].[HH].[HH].[HH].[HH].[HH].[HH].[HH].[HH].[HH].[HH].[HH].[HH].[HH].[HH].[HH].[HH].[HH].[HH].[HH].[HH].[HH].[HH].[HH].[HH].[HH].[HH].[HH].[HH].[HH].[HH].[HH].[HH].[HH].[HH].[HH].[HH].[HH].[HH].[HH].[HH].[HH].[HH].[HH].[HH].[HH].[HH].[HH].[HH].[HH].[HH].[HH].[HH].[HH].[HH].[HH].[HH].[HH].[HH].[HH].[HH].[HH].[HH].[HH].[HH].[HH].[HH].[HH].[HH].[HH].[HH].[HH].[HH].[HH].[HH].[HH].[HH].[HH].[HH].[HH].[HH].[HH].[HH].[HH].[HH].[HH].[HH].[HH].[HH].[HH].[HH].[HH].[HH].[HH].[HH].[HH].[HH].[HH].[HH].[HH].[HH].[HH].[HH].[HH].[HH].[HH].[HH].[HH].[HH].[HH].[HH].[HH].[HH].[HH].[HH].[HH].[HH].[HH].[HH].[HH].[HH].[HH].[HH].[HH].[HH].[HH].[HH].[HH].[HH].[HH]. The zero-order chi connectivity index (χ0) is 40.9. The number of Topliss-reactive ketones (excluding diaryl/α,β-unsaturated/α-hetero) is 2. The molecule has 10 atom stereocenters. The van der Waals surface area contributed by atoms with Gasteiger partial charge in [0, 0.05) is 305 Å². The second-order valence-corrected chi connectivity index (χ2v) is 12.5. The number of halogens is 2. The van der Waals surface area contributed by atoms with Crippen molar-refractivity contribution in [3.8, 4) is 0 Å². The Kier molecular flexibility index (Phi) is 8.04. The lowest BCUT2D eigenvalue weighted by Crippen LogP contribution is -2.47. The van der Waals surface area contributed by atoms with E-state index in [0.717, 1.165) is 0 Å². The molecule has 0 aromatic carbocycles. The molecule has 1 saturated carbocycles. The maximum atomic E-state index is 15.0. The van der Waals surface area contributed by atoms with Crippen LogP contribution in [0, 0.1) is 52.7 Å². The maximum absolute atomic E-state index is 15.0. The Balaban J connectivity index is -0.000000000571. The monoisotopic (exact) mass is 907 g/mol. The standard InChI is InChI=1S/C30H52F2O5.181H2/c1-11-12-17(2)16-30(31,32)26(35)20(5)15-24-28(9,27(36)23(8)29(24,10)37)22(7)21(6)19(4)13-18(3)14-25(33)34;;;;;;;;;;;;;;;;;;;;;;;;;;;;;;;;;;;;;;;;;;;;;;;;;;;;;;;;;;;;;;;;;;;;;;;;;;;;;;;;;;;;;;;;;;;;;;;;;;;;;;;;;;;;;;;;;;;;;;;;;;;;;;;;;;;;;;;;;;;;;;;;;;;;;;;;;;;;;;;;;;;;;;;;;;;;;;;;;;;;;/h17-24,37H,11-16H2,1-10H3,(H,33,34);181*1H/t17?,18?,19?,20?,21?,22?,23?,24-,28-,29-;;;;;;;;;;;;;;;;;;;;;;;;;;;;;;;;;;;;;;;;;;;;;;;;;;;;;;;;;;;;;;;;;;;;;;;;;;;;;;;;;;;;;;;;;;;;;;;;;;;;;;;;;;;;;;;;;;;;;;;;;;;;;;;;;;;;;;;;;;;;;;;;;;;;;;;;;;;;;;;;;;;;;;;;;;;;;;;;;;;;;/m1...................................................................................................................................................................................../s1/i23D,24D;5*1+1D;;;;;;;;;;;;;;;;;;;;;;;;;;;;;;;;;;;;;;;;;;;;;;;;;;;;;;;;;;;;;;;;;;;;;;;;;;;;;;;;;;;;;;;;;;;;;;;;;;;;;;;;;;;;;;;;;;;;;;;;;;;;;;;;;;;;;;;;;;;;;;;;;;;;;;;;;;;;;;;;;;;;;;;;;;;;;;;;. The molecule has 1 fully saturated rings. The minimum Gasteiger partial charge on any atom is -0.481 e. The van der Waals surface area contributed by atoms with Crippen LogP contribution in [0.4, 0.5) is 8.78 Å². The van der Waals surface area contributed by atoms with Crippen molar-refractivity contribution >= 4 is 17.5 Å². The van der Waals surface area contributed by atoms with E-state index in [1.54, 1.807) is 13.8 Å². The third-order valence-electron chi connectivity index (χ3n) is 9.36. The molecule has 0 aliphatic heterocycles. The van der Waals surface area contributed by atoms with Gasteiger partial charge in [0.05, 0.1) is 5.60 Å². The molecule has 0 aromatic rings. The van der Waals surface area contributed by atoms with Gasteiger partial charge in [-0.1, -0.05) is 75.2 Å². The molecule has 0 radical (unpaired) electrons. The quantitative estimate of drug-likeness (QED) is 0.171. The molecule has 0 amide bonds. The first-order valence-electron chi connectivity index (χ1n) is 19.9. The van der Waals surface area contributed by atoms with Crippen molar-refractivity contribution < 1.29 is 302 Å². The van der Waals surface area contributed by atoms with Crippen molar-refractivity contribution in [2.75, 3.05) is 0 Å². The first kappa shape index (κ1) is 23.5. The Hall–Kier alpha value is -1.37. The summed E-state index contributed by atoms with van der Waals surface area (Å²) in [6.45, 7) is 16.4. The molecule has 1 aliphatic carbocycles. The largest absolute Gasteiger partial charge is 0.481 e. The van der Waals surface area contributed by atoms with E-state index in [0.29, 0.717) is 19.3 Å². The summed E-state index contributed by atoms with van der Waals surface area (Å²) in [6.07, 6.45) is 0.723. The second kappa shape index (κ2) is 12.7. The van der Waals surface area contributed by atoms with Crippen LogP contribution in [0.5, 0.6) is 0 Å². The highest BCUT2D eigenvalue weighted by Gasteiger charge is 2.64. The lowest BCUT2D eigenvalue weighted by molar-refractivity contribution is -0.152. The second-order valence-electron chi connectivity index (χ2n) is 12.5. The van der Waals surface area contributed by atoms with Gasteiger partial charge in [0.15, 0.2) is 0 Å². The number of ketones is 2. The Labute approximate surface area is 502 Å². The van der Waals surface area contributed by atoms with E-state index < -0.39 is 70.9 Å². The van der Waals surface area contributed by atoms with E-state index in [9.17, 15) is 20.9 Å². The lowest BCUT2D eigenvalue weighted by Gasteiger charge is -2.44. The summed E-state index contributed by atoms with van der Waals surface area (Å²) >= 11 is 0. The van der Waals surface area contributed by atoms with Crippen molar-refractivity contribution in [3.05, 3.63) is 0 Å². The average Bonchev–Trinajstić information content (AvgIpc) is 3.13. The van der Waals surface area contributed by atoms with Gasteiger partial charge in [-0.05, 0) is 49.4 Å². The first-order valence-corrected chi connectivity index (χ1v) is 13.9. The van der Waals surface area contributed by atoms with Gasteiger partial charge in [-0.2, -0.15) is 8.78 Å². The molecule has 1 aliphatic rings. The van der Waals surface area contributed by atoms with Crippen molar-refractivity contribution in [3.63, 3.8) is 0 Å².